The van der Waals surface area contributed by atoms with E-state index in [-0.39, 0.29) is 5.92 Å². The molecule has 2 fully saturated rings. The van der Waals surface area contributed by atoms with Crippen LogP contribution < -0.4 is 0 Å². The second kappa shape index (κ2) is 6.74. The second-order valence-corrected chi connectivity index (χ2v) is 6.88. The molecule has 1 aliphatic heterocycles. The van der Waals surface area contributed by atoms with Crippen molar-refractivity contribution in [2.24, 2.45) is 11.8 Å². The third-order valence-corrected chi connectivity index (χ3v) is 5.37. The van der Waals surface area contributed by atoms with Gasteiger partial charge in [-0.3, -0.25) is 9.69 Å². The molecule has 0 spiro atoms. The number of hydrogen-bond donors (Lipinski definition) is 0. The molecule has 0 aromatic heterocycles. The molecule has 1 aromatic rings. The highest BCUT2D eigenvalue weighted by Gasteiger charge is 2.34. The van der Waals surface area contributed by atoms with Crippen LogP contribution in [0.2, 0.25) is 0 Å². The summed E-state index contributed by atoms with van der Waals surface area (Å²) in [6.07, 6.45) is 8.29. The van der Waals surface area contributed by atoms with E-state index in [2.05, 4.69) is 11.8 Å². The van der Waals surface area contributed by atoms with E-state index in [9.17, 15) is 4.79 Å². The zero-order valence-electron chi connectivity index (χ0n) is 13.1. The van der Waals surface area contributed by atoms with E-state index in [0.717, 1.165) is 24.1 Å². The molecule has 1 heterocycles. The van der Waals surface area contributed by atoms with Gasteiger partial charge in [0.1, 0.15) is 0 Å². The number of Topliss-reactive ketones (excluding diaryl/α,β-unsaturated/α-hetero) is 1. The molecule has 21 heavy (non-hydrogen) atoms. The molecule has 3 rings (SSSR count). The summed E-state index contributed by atoms with van der Waals surface area (Å²) in [7, 11) is 0. The summed E-state index contributed by atoms with van der Waals surface area (Å²) in [4.78, 5) is 15.1. The number of hydrogen-bond acceptors (Lipinski definition) is 2. The first-order valence-electron chi connectivity index (χ1n) is 8.59. The molecule has 2 nitrogen and oxygen atoms in total. The summed E-state index contributed by atoms with van der Waals surface area (Å²) in [6.45, 7) is 4.22. The fraction of sp³-hybridized carbons (Fsp3) is 0.632. The van der Waals surface area contributed by atoms with Gasteiger partial charge in [0.15, 0.2) is 5.78 Å². The summed E-state index contributed by atoms with van der Waals surface area (Å²) in [5.74, 6) is 1.30. The highest BCUT2D eigenvalue weighted by molar-refractivity contribution is 5.97. The van der Waals surface area contributed by atoms with Crippen molar-refractivity contribution in [3.8, 4) is 0 Å². The Kier molecular flexibility index (Phi) is 4.74. The number of likely N-dealkylation sites (tertiary alicyclic amines) is 1. The minimum atomic E-state index is 0.106. The van der Waals surface area contributed by atoms with Crippen LogP contribution in [-0.4, -0.2) is 29.8 Å². The first kappa shape index (κ1) is 14.8. The van der Waals surface area contributed by atoms with Gasteiger partial charge in [-0.25, -0.2) is 0 Å². The molecule has 0 bridgehead atoms. The highest BCUT2D eigenvalue weighted by Crippen LogP contribution is 2.35. The van der Waals surface area contributed by atoms with Crippen molar-refractivity contribution in [1.82, 2.24) is 4.90 Å². The molecule has 1 aliphatic carbocycles. The third-order valence-electron chi connectivity index (χ3n) is 5.37. The summed E-state index contributed by atoms with van der Waals surface area (Å²) in [5, 5.41) is 0. The Balaban J connectivity index is 1.61. The van der Waals surface area contributed by atoms with Crippen LogP contribution in [0.5, 0.6) is 0 Å². The normalized spacial score (nSPS) is 25.3. The van der Waals surface area contributed by atoms with Gasteiger partial charge in [0.25, 0.3) is 0 Å². The second-order valence-electron chi connectivity index (χ2n) is 6.88. The first-order valence-corrected chi connectivity index (χ1v) is 8.59. The summed E-state index contributed by atoms with van der Waals surface area (Å²) in [6, 6.07) is 10.5. The predicted octanol–water partition coefficient (Wildman–Crippen LogP) is 4.16. The van der Waals surface area contributed by atoms with Gasteiger partial charge in [-0.1, -0.05) is 50.1 Å². The standard InChI is InChI=1S/C19H27NO/c1-15(19(21)17-10-3-2-4-11-17)14-20-13-7-12-18(20)16-8-5-6-9-16/h2-4,10-11,15-16,18H,5-9,12-14H2,1H3. The number of carbonyl (C=O) groups excluding carboxylic acids is 1. The lowest BCUT2D eigenvalue weighted by molar-refractivity contribution is 0.0869. The fourth-order valence-electron chi connectivity index (χ4n) is 4.28. The van der Waals surface area contributed by atoms with Gasteiger partial charge in [-0.2, -0.15) is 0 Å². The van der Waals surface area contributed by atoms with Crippen LogP contribution in [0.25, 0.3) is 0 Å². The summed E-state index contributed by atoms with van der Waals surface area (Å²) in [5.41, 5.74) is 0.863. The van der Waals surface area contributed by atoms with Gasteiger partial charge in [-0.05, 0) is 38.1 Å². The Morgan fingerprint density at radius 3 is 2.57 bits per heavy atom. The molecule has 1 aromatic carbocycles. The van der Waals surface area contributed by atoms with E-state index in [4.69, 9.17) is 0 Å². The number of rotatable bonds is 5. The lowest BCUT2D eigenvalue weighted by Crippen LogP contribution is -2.39. The van der Waals surface area contributed by atoms with Crippen molar-refractivity contribution in [1.29, 1.82) is 0 Å². The maximum atomic E-state index is 12.5. The largest absolute Gasteiger partial charge is 0.299 e. The molecule has 1 saturated carbocycles. The third kappa shape index (κ3) is 3.37. The van der Waals surface area contributed by atoms with Gasteiger partial charge in [0.05, 0.1) is 0 Å². The van der Waals surface area contributed by atoms with Crippen LogP contribution in [0, 0.1) is 11.8 Å². The number of carbonyl (C=O) groups is 1. The van der Waals surface area contributed by atoms with E-state index in [1.54, 1.807) is 0 Å². The Bertz CT molecular complexity index is 464. The van der Waals surface area contributed by atoms with Crippen molar-refractivity contribution in [2.75, 3.05) is 13.1 Å². The van der Waals surface area contributed by atoms with Crippen molar-refractivity contribution in [3.63, 3.8) is 0 Å². The molecule has 114 valence electrons. The van der Waals surface area contributed by atoms with E-state index in [0.29, 0.717) is 5.78 Å². The number of benzene rings is 1. The van der Waals surface area contributed by atoms with E-state index in [1.807, 2.05) is 30.3 Å². The van der Waals surface area contributed by atoms with Crippen molar-refractivity contribution >= 4 is 5.78 Å². The molecule has 0 N–H and O–H groups in total. The molecule has 0 radical (unpaired) electrons. The molecular formula is C19H27NO. The zero-order valence-corrected chi connectivity index (χ0v) is 13.1. The van der Waals surface area contributed by atoms with E-state index < -0.39 is 0 Å². The average molecular weight is 285 g/mol. The van der Waals surface area contributed by atoms with Crippen LogP contribution in [0.4, 0.5) is 0 Å². The number of nitrogens with zero attached hydrogens (tertiary/aromatic N) is 1. The lowest BCUT2D eigenvalue weighted by Gasteiger charge is -2.31. The van der Waals surface area contributed by atoms with Crippen LogP contribution in [-0.2, 0) is 0 Å². The maximum Gasteiger partial charge on any atom is 0.166 e. The topological polar surface area (TPSA) is 20.3 Å². The van der Waals surface area contributed by atoms with Gasteiger partial charge in [-0.15, -0.1) is 0 Å². The summed E-state index contributed by atoms with van der Waals surface area (Å²) >= 11 is 0. The van der Waals surface area contributed by atoms with Gasteiger partial charge >= 0.3 is 0 Å². The van der Waals surface area contributed by atoms with Gasteiger partial charge in [0.2, 0.25) is 0 Å². The smallest absolute Gasteiger partial charge is 0.166 e. The molecule has 2 atom stereocenters. The van der Waals surface area contributed by atoms with Crippen LogP contribution in [0.15, 0.2) is 30.3 Å². The molecule has 2 aliphatic rings. The van der Waals surface area contributed by atoms with E-state index in [1.165, 1.54) is 45.1 Å². The van der Waals surface area contributed by atoms with Crippen molar-refractivity contribution in [3.05, 3.63) is 35.9 Å². The predicted molar refractivity (Wildman–Crippen MR) is 86.5 cm³/mol. The number of ketones is 1. The molecule has 1 saturated heterocycles. The van der Waals surface area contributed by atoms with Crippen LogP contribution in [0.3, 0.4) is 0 Å². The Morgan fingerprint density at radius 2 is 1.86 bits per heavy atom. The fourth-order valence-corrected chi connectivity index (χ4v) is 4.28. The Hall–Kier alpha value is -1.15. The SMILES string of the molecule is CC(CN1CCCC1C1CCCC1)C(=O)c1ccccc1. The van der Waals surface area contributed by atoms with Gasteiger partial charge in [0, 0.05) is 24.1 Å². The zero-order chi connectivity index (χ0) is 14.7. The van der Waals surface area contributed by atoms with Crippen LogP contribution >= 0.6 is 0 Å². The van der Waals surface area contributed by atoms with Crippen LogP contribution in [0.1, 0.15) is 55.8 Å². The quantitative estimate of drug-likeness (QED) is 0.757. The molecular weight excluding hydrogens is 258 g/mol. The lowest BCUT2D eigenvalue weighted by atomic mass is 9.94. The Morgan fingerprint density at radius 1 is 1.14 bits per heavy atom. The minimum Gasteiger partial charge on any atom is -0.299 e. The van der Waals surface area contributed by atoms with E-state index >= 15 is 0 Å². The molecule has 2 unspecified atom stereocenters. The van der Waals surface area contributed by atoms with Crippen molar-refractivity contribution in [2.45, 2.75) is 51.5 Å². The molecule has 0 amide bonds. The minimum absolute atomic E-state index is 0.106. The van der Waals surface area contributed by atoms with Gasteiger partial charge < -0.3 is 0 Å². The molecule has 2 heteroatoms. The Labute approximate surface area is 128 Å². The maximum absolute atomic E-state index is 12.5. The first-order chi connectivity index (χ1) is 10.3. The highest BCUT2D eigenvalue weighted by atomic mass is 16.1. The van der Waals surface area contributed by atoms with Crippen molar-refractivity contribution < 1.29 is 4.79 Å². The monoisotopic (exact) mass is 285 g/mol. The average Bonchev–Trinajstić information content (AvgIpc) is 3.18. The summed E-state index contributed by atoms with van der Waals surface area (Å²) < 4.78 is 0.